The zero-order valence-corrected chi connectivity index (χ0v) is 15.0. The first-order valence-electron chi connectivity index (χ1n) is 8.29. The molecule has 1 aliphatic rings. The number of hydrogen-bond acceptors (Lipinski definition) is 4. The molecular weight excluding hydrogens is 343 g/mol. The van der Waals surface area contributed by atoms with Crippen molar-refractivity contribution in [2.24, 2.45) is 5.92 Å². The van der Waals surface area contributed by atoms with Crippen LogP contribution in [-0.4, -0.2) is 33.9 Å². The van der Waals surface area contributed by atoms with E-state index in [1.54, 1.807) is 19.1 Å². The third kappa shape index (κ3) is 4.25. The molecule has 0 aliphatic carbocycles. The Morgan fingerprint density at radius 1 is 1.36 bits per heavy atom. The smallest absolute Gasteiger partial charge is 0.272 e. The number of piperidine rings is 1. The molecule has 1 atom stereocenters. The Bertz CT molecular complexity index is 799. The molecule has 2 heterocycles. The lowest BCUT2D eigenvalue weighted by Gasteiger charge is -2.30. The number of aromatic nitrogens is 2. The van der Waals surface area contributed by atoms with E-state index < -0.39 is 5.82 Å². The van der Waals surface area contributed by atoms with Gasteiger partial charge in [0.15, 0.2) is 0 Å². The predicted octanol–water partition coefficient (Wildman–Crippen LogP) is 4.19. The quantitative estimate of drug-likeness (QED) is 0.889. The van der Waals surface area contributed by atoms with Gasteiger partial charge in [-0.15, -0.1) is 0 Å². The van der Waals surface area contributed by atoms with Gasteiger partial charge in [-0.2, -0.15) is 0 Å². The molecule has 2 aromatic rings. The summed E-state index contributed by atoms with van der Waals surface area (Å²) in [5.74, 6) is 0.896. The fourth-order valence-electron chi connectivity index (χ4n) is 3.00. The van der Waals surface area contributed by atoms with Gasteiger partial charge >= 0.3 is 0 Å². The Morgan fingerprint density at radius 2 is 2.16 bits per heavy atom. The lowest BCUT2D eigenvalue weighted by atomic mass is 10.00. The highest BCUT2D eigenvalue weighted by Gasteiger charge is 2.23. The highest BCUT2D eigenvalue weighted by atomic mass is 35.5. The molecule has 1 unspecified atom stereocenters. The normalized spacial score (nSPS) is 17.4. The highest BCUT2D eigenvalue weighted by molar-refractivity contribution is 6.31. The number of likely N-dealkylation sites (tertiary alicyclic amines) is 1. The lowest BCUT2D eigenvalue weighted by Crippen LogP contribution is -2.39. The molecule has 5 nitrogen and oxygen atoms in total. The number of anilines is 2. The summed E-state index contributed by atoms with van der Waals surface area (Å²) < 4.78 is 13.3. The van der Waals surface area contributed by atoms with Crippen LogP contribution >= 0.6 is 11.6 Å². The van der Waals surface area contributed by atoms with E-state index in [-0.39, 0.29) is 10.9 Å². The molecule has 1 aromatic carbocycles. The third-order valence-corrected chi connectivity index (χ3v) is 4.48. The van der Waals surface area contributed by atoms with Crippen molar-refractivity contribution in [2.45, 2.75) is 26.7 Å². The zero-order valence-electron chi connectivity index (χ0n) is 14.2. The summed E-state index contributed by atoms with van der Waals surface area (Å²) in [4.78, 5) is 23.2. The Hall–Kier alpha value is -2.21. The first-order valence-corrected chi connectivity index (χ1v) is 8.67. The van der Waals surface area contributed by atoms with E-state index in [0.717, 1.165) is 25.9 Å². The van der Waals surface area contributed by atoms with Crippen LogP contribution in [-0.2, 0) is 0 Å². The van der Waals surface area contributed by atoms with Gasteiger partial charge in [-0.25, -0.2) is 14.4 Å². The molecule has 0 radical (unpaired) electrons. The average molecular weight is 363 g/mol. The van der Waals surface area contributed by atoms with E-state index in [0.29, 0.717) is 28.9 Å². The summed E-state index contributed by atoms with van der Waals surface area (Å²) in [5, 5.41) is 3.07. The van der Waals surface area contributed by atoms with Gasteiger partial charge in [-0.1, -0.05) is 18.5 Å². The van der Waals surface area contributed by atoms with Gasteiger partial charge in [0, 0.05) is 24.8 Å². The summed E-state index contributed by atoms with van der Waals surface area (Å²) in [6.45, 7) is 5.38. The molecule has 25 heavy (non-hydrogen) atoms. The molecule has 7 heteroatoms. The second-order valence-corrected chi connectivity index (χ2v) is 6.85. The van der Waals surface area contributed by atoms with E-state index in [9.17, 15) is 9.18 Å². The second-order valence-electron chi connectivity index (χ2n) is 6.44. The number of rotatable bonds is 3. The van der Waals surface area contributed by atoms with Crippen molar-refractivity contribution in [3.63, 3.8) is 0 Å². The van der Waals surface area contributed by atoms with E-state index in [1.165, 1.54) is 12.1 Å². The summed E-state index contributed by atoms with van der Waals surface area (Å²) in [6.07, 6.45) is 2.15. The number of hydrogen-bond donors (Lipinski definition) is 1. The summed E-state index contributed by atoms with van der Waals surface area (Å²) >= 11 is 5.80. The monoisotopic (exact) mass is 362 g/mol. The molecule has 1 aromatic heterocycles. The fourth-order valence-corrected chi connectivity index (χ4v) is 3.18. The van der Waals surface area contributed by atoms with E-state index >= 15 is 0 Å². The third-order valence-electron chi connectivity index (χ3n) is 4.19. The number of amides is 1. The van der Waals surface area contributed by atoms with Crippen molar-refractivity contribution < 1.29 is 9.18 Å². The fraction of sp³-hybridized carbons (Fsp3) is 0.389. The molecule has 3 rings (SSSR count). The van der Waals surface area contributed by atoms with E-state index in [4.69, 9.17) is 11.6 Å². The molecule has 1 N–H and O–H groups in total. The molecule has 0 spiro atoms. The Morgan fingerprint density at radius 3 is 2.88 bits per heavy atom. The van der Waals surface area contributed by atoms with Crippen LogP contribution < -0.4 is 5.32 Å². The van der Waals surface area contributed by atoms with Gasteiger partial charge < -0.3 is 10.2 Å². The van der Waals surface area contributed by atoms with Crippen molar-refractivity contribution in [3.05, 3.63) is 46.6 Å². The molecule has 1 fully saturated rings. The van der Waals surface area contributed by atoms with Crippen LogP contribution in [0.1, 0.15) is 36.1 Å². The van der Waals surface area contributed by atoms with Gasteiger partial charge in [0.25, 0.3) is 5.91 Å². The molecule has 1 aliphatic heterocycles. The van der Waals surface area contributed by atoms with Crippen molar-refractivity contribution in [1.29, 1.82) is 0 Å². The van der Waals surface area contributed by atoms with Gasteiger partial charge in [0.05, 0.1) is 5.02 Å². The Labute approximate surface area is 151 Å². The van der Waals surface area contributed by atoms with Crippen molar-refractivity contribution in [1.82, 2.24) is 14.9 Å². The summed E-state index contributed by atoms with van der Waals surface area (Å²) in [7, 11) is 0. The van der Waals surface area contributed by atoms with Gasteiger partial charge in [0.2, 0.25) is 0 Å². The molecular formula is C18H20ClFN4O. The lowest BCUT2D eigenvalue weighted by molar-refractivity contribution is 0.0676. The van der Waals surface area contributed by atoms with Gasteiger partial charge in [0.1, 0.15) is 23.2 Å². The van der Waals surface area contributed by atoms with Crippen molar-refractivity contribution >= 4 is 29.0 Å². The van der Waals surface area contributed by atoms with E-state index in [1.807, 2.05) is 4.90 Å². The highest BCUT2D eigenvalue weighted by Crippen LogP contribution is 2.23. The van der Waals surface area contributed by atoms with Gasteiger partial charge in [-0.05, 0) is 43.9 Å². The van der Waals surface area contributed by atoms with Crippen molar-refractivity contribution in [3.8, 4) is 0 Å². The molecule has 0 saturated carbocycles. The maximum atomic E-state index is 13.3. The van der Waals surface area contributed by atoms with Crippen molar-refractivity contribution in [2.75, 3.05) is 18.4 Å². The standard InChI is InChI=1S/C18H20ClFN4O/c1-11-4-3-7-24(10-11)18(25)16-9-17(22-12(2)21-16)23-13-5-6-15(20)14(19)8-13/h5-6,8-9,11H,3-4,7,10H2,1-2H3,(H,21,22,23). The molecule has 1 amide bonds. The van der Waals surface area contributed by atoms with Crippen LogP contribution in [0.5, 0.6) is 0 Å². The average Bonchev–Trinajstić information content (AvgIpc) is 2.57. The Kier molecular flexibility index (Phi) is 5.18. The Balaban J connectivity index is 1.82. The van der Waals surface area contributed by atoms with Crippen LogP contribution in [0, 0.1) is 18.7 Å². The maximum absolute atomic E-state index is 13.3. The SMILES string of the molecule is Cc1nc(Nc2ccc(F)c(Cl)c2)cc(C(=O)N2CCCC(C)C2)n1. The number of aryl methyl sites for hydroxylation is 1. The number of benzene rings is 1. The summed E-state index contributed by atoms with van der Waals surface area (Å²) in [6, 6.07) is 5.93. The van der Waals surface area contributed by atoms with Crippen LogP contribution in [0.4, 0.5) is 15.9 Å². The minimum absolute atomic E-state index is 0.0226. The van der Waals surface area contributed by atoms with E-state index in [2.05, 4.69) is 22.2 Å². The van der Waals surface area contributed by atoms with Gasteiger partial charge in [-0.3, -0.25) is 4.79 Å². The number of halogens is 2. The first kappa shape index (κ1) is 17.6. The largest absolute Gasteiger partial charge is 0.340 e. The number of carbonyl (C=O) groups is 1. The number of nitrogens with zero attached hydrogens (tertiary/aromatic N) is 3. The maximum Gasteiger partial charge on any atom is 0.272 e. The van der Waals surface area contributed by atoms with Crippen LogP contribution in [0.25, 0.3) is 0 Å². The number of nitrogens with one attached hydrogen (secondary N) is 1. The minimum Gasteiger partial charge on any atom is -0.340 e. The minimum atomic E-state index is -0.485. The predicted molar refractivity (Wildman–Crippen MR) is 95.8 cm³/mol. The molecule has 132 valence electrons. The van der Waals surface area contributed by atoms with Crippen LogP contribution in [0.2, 0.25) is 5.02 Å². The van der Waals surface area contributed by atoms with Crippen LogP contribution in [0.15, 0.2) is 24.3 Å². The van der Waals surface area contributed by atoms with Crippen LogP contribution in [0.3, 0.4) is 0 Å². The molecule has 0 bridgehead atoms. The number of carbonyl (C=O) groups excluding carboxylic acids is 1. The topological polar surface area (TPSA) is 58.1 Å². The summed E-state index contributed by atoms with van der Waals surface area (Å²) in [5.41, 5.74) is 0.951. The zero-order chi connectivity index (χ0) is 18.0. The first-order chi connectivity index (χ1) is 11.9. The molecule has 1 saturated heterocycles. The second kappa shape index (κ2) is 7.35.